The normalized spacial score (nSPS) is 13.0. The van der Waals surface area contributed by atoms with Crippen molar-refractivity contribution >= 4 is 0 Å². The van der Waals surface area contributed by atoms with Crippen LogP contribution in [0.15, 0.2) is 6.07 Å². The number of hydrogen-bond acceptors (Lipinski definition) is 2. The summed E-state index contributed by atoms with van der Waals surface area (Å²) in [6.07, 6.45) is 3.84. The molecule has 0 spiro atoms. The molecule has 0 fully saturated rings. The van der Waals surface area contributed by atoms with Gasteiger partial charge in [0.2, 0.25) is 0 Å². The van der Waals surface area contributed by atoms with Gasteiger partial charge >= 0.3 is 0 Å². The maximum atomic E-state index is 4.45. The van der Waals surface area contributed by atoms with E-state index in [2.05, 4.69) is 48.9 Å². The Hall–Kier alpha value is -0.830. The fourth-order valence-corrected chi connectivity index (χ4v) is 1.91. The Kier molecular flexibility index (Phi) is 5.53. The lowest BCUT2D eigenvalue weighted by Gasteiger charge is -2.13. The van der Waals surface area contributed by atoms with Gasteiger partial charge in [0.1, 0.15) is 0 Å². The van der Waals surface area contributed by atoms with E-state index in [9.17, 15) is 0 Å². The first-order valence-electron chi connectivity index (χ1n) is 6.44. The highest BCUT2D eigenvalue weighted by Crippen LogP contribution is 2.05. The minimum atomic E-state index is 0.598. The van der Waals surface area contributed by atoms with Gasteiger partial charge in [0.25, 0.3) is 0 Å². The summed E-state index contributed by atoms with van der Waals surface area (Å²) in [5.74, 6) is 0. The fraction of sp³-hybridized carbons (Fsp3) is 0.769. The van der Waals surface area contributed by atoms with E-state index in [-0.39, 0.29) is 0 Å². The van der Waals surface area contributed by atoms with Crippen molar-refractivity contribution < 1.29 is 0 Å². The molecule has 0 saturated carbocycles. The van der Waals surface area contributed by atoms with Crippen LogP contribution < -0.4 is 5.32 Å². The minimum absolute atomic E-state index is 0.598. The van der Waals surface area contributed by atoms with Gasteiger partial charge in [-0.25, -0.2) is 0 Å². The second kappa shape index (κ2) is 6.69. The Balaban J connectivity index is 2.41. The standard InChI is InChI=1S/C13H25N3/c1-5-7-8-11(3)14-10-13-9-12(4)15-16(13)6-2/h9,11,14H,5-8,10H2,1-4H3. The van der Waals surface area contributed by atoms with Gasteiger partial charge in [0, 0.05) is 19.1 Å². The van der Waals surface area contributed by atoms with Crippen molar-refractivity contribution in [2.75, 3.05) is 0 Å². The fourth-order valence-electron chi connectivity index (χ4n) is 1.91. The lowest BCUT2D eigenvalue weighted by atomic mass is 10.1. The first kappa shape index (κ1) is 13.2. The Labute approximate surface area is 99.2 Å². The van der Waals surface area contributed by atoms with E-state index in [1.54, 1.807) is 0 Å². The highest BCUT2D eigenvalue weighted by Gasteiger charge is 2.05. The molecule has 0 saturated heterocycles. The number of nitrogens with zero attached hydrogens (tertiary/aromatic N) is 2. The molecule has 1 unspecified atom stereocenters. The predicted molar refractivity (Wildman–Crippen MR) is 68.5 cm³/mol. The Morgan fingerprint density at radius 2 is 2.19 bits per heavy atom. The van der Waals surface area contributed by atoms with E-state index >= 15 is 0 Å². The summed E-state index contributed by atoms with van der Waals surface area (Å²) in [6, 6.07) is 2.77. The zero-order valence-corrected chi connectivity index (χ0v) is 11.1. The number of rotatable bonds is 7. The average Bonchev–Trinajstić information content (AvgIpc) is 2.64. The van der Waals surface area contributed by atoms with Gasteiger partial charge in [0.15, 0.2) is 0 Å². The van der Waals surface area contributed by atoms with E-state index in [0.29, 0.717) is 6.04 Å². The third kappa shape index (κ3) is 3.97. The molecule has 3 nitrogen and oxygen atoms in total. The monoisotopic (exact) mass is 223 g/mol. The van der Waals surface area contributed by atoms with Crippen molar-refractivity contribution in [2.45, 2.75) is 66.1 Å². The van der Waals surface area contributed by atoms with Gasteiger partial charge in [-0.1, -0.05) is 19.8 Å². The molecule has 0 aliphatic rings. The third-order valence-electron chi connectivity index (χ3n) is 2.91. The molecule has 0 aromatic carbocycles. The van der Waals surface area contributed by atoms with Gasteiger partial charge in [-0.3, -0.25) is 4.68 Å². The summed E-state index contributed by atoms with van der Waals surface area (Å²) in [6.45, 7) is 10.6. The van der Waals surface area contributed by atoms with Crippen molar-refractivity contribution in [1.82, 2.24) is 15.1 Å². The van der Waals surface area contributed by atoms with Crippen LogP contribution in [-0.2, 0) is 13.1 Å². The highest BCUT2D eigenvalue weighted by molar-refractivity contribution is 5.08. The van der Waals surface area contributed by atoms with Gasteiger partial charge in [0.05, 0.1) is 11.4 Å². The van der Waals surface area contributed by atoms with Crippen LogP contribution >= 0.6 is 0 Å². The first-order chi connectivity index (χ1) is 7.67. The summed E-state index contributed by atoms with van der Waals surface area (Å²) in [7, 11) is 0. The highest BCUT2D eigenvalue weighted by atomic mass is 15.3. The van der Waals surface area contributed by atoms with Gasteiger partial charge in [-0.2, -0.15) is 5.10 Å². The molecule has 0 aliphatic heterocycles. The van der Waals surface area contributed by atoms with Crippen LogP contribution in [0.1, 0.15) is 51.4 Å². The molecule has 1 aromatic rings. The van der Waals surface area contributed by atoms with Crippen LogP contribution in [-0.4, -0.2) is 15.8 Å². The quantitative estimate of drug-likeness (QED) is 0.770. The van der Waals surface area contributed by atoms with E-state index < -0.39 is 0 Å². The lowest BCUT2D eigenvalue weighted by molar-refractivity contribution is 0.477. The summed E-state index contributed by atoms with van der Waals surface area (Å²) >= 11 is 0. The van der Waals surface area contributed by atoms with Crippen LogP contribution in [0.2, 0.25) is 0 Å². The number of aryl methyl sites for hydroxylation is 2. The van der Waals surface area contributed by atoms with Crippen LogP contribution in [0.5, 0.6) is 0 Å². The van der Waals surface area contributed by atoms with Crippen LogP contribution in [0.25, 0.3) is 0 Å². The third-order valence-corrected chi connectivity index (χ3v) is 2.91. The minimum Gasteiger partial charge on any atom is -0.309 e. The molecule has 0 aliphatic carbocycles. The Bertz CT molecular complexity index is 304. The van der Waals surface area contributed by atoms with Crippen LogP contribution in [0.3, 0.4) is 0 Å². The Morgan fingerprint density at radius 3 is 2.81 bits per heavy atom. The maximum absolute atomic E-state index is 4.45. The van der Waals surface area contributed by atoms with Crippen molar-refractivity contribution in [3.05, 3.63) is 17.5 Å². The molecule has 0 amide bonds. The lowest BCUT2D eigenvalue weighted by Crippen LogP contribution is -2.26. The number of aromatic nitrogens is 2. The molecular weight excluding hydrogens is 198 g/mol. The van der Waals surface area contributed by atoms with Gasteiger partial charge < -0.3 is 5.32 Å². The largest absolute Gasteiger partial charge is 0.309 e. The number of nitrogens with one attached hydrogen (secondary N) is 1. The van der Waals surface area contributed by atoms with E-state index in [1.165, 1.54) is 25.0 Å². The van der Waals surface area contributed by atoms with Gasteiger partial charge in [-0.15, -0.1) is 0 Å². The second-order valence-electron chi connectivity index (χ2n) is 4.52. The summed E-state index contributed by atoms with van der Waals surface area (Å²) in [4.78, 5) is 0. The second-order valence-corrected chi connectivity index (χ2v) is 4.52. The van der Waals surface area contributed by atoms with Crippen LogP contribution in [0.4, 0.5) is 0 Å². The summed E-state index contributed by atoms with van der Waals surface area (Å²) in [5, 5.41) is 8.01. The maximum Gasteiger partial charge on any atom is 0.0597 e. The van der Waals surface area contributed by atoms with E-state index in [0.717, 1.165) is 18.8 Å². The Morgan fingerprint density at radius 1 is 1.44 bits per heavy atom. The number of unbranched alkanes of at least 4 members (excludes halogenated alkanes) is 1. The SMILES string of the molecule is CCCCC(C)NCc1cc(C)nn1CC. The zero-order chi connectivity index (χ0) is 12.0. The van der Waals surface area contributed by atoms with Crippen molar-refractivity contribution in [1.29, 1.82) is 0 Å². The molecule has 0 bridgehead atoms. The molecule has 92 valence electrons. The first-order valence-corrected chi connectivity index (χ1v) is 6.44. The molecule has 1 atom stereocenters. The van der Waals surface area contributed by atoms with Crippen molar-refractivity contribution in [3.63, 3.8) is 0 Å². The van der Waals surface area contributed by atoms with Crippen LogP contribution in [0, 0.1) is 6.92 Å². The predicted octanol–water partition coefficient (Wildman–Crippen LogP) is 2.88. The topological polar surface area (TPSA) is 29.9 Å². The molecule has 1 N–H and O–H groups in total. The molecule has 1 heterocycles. The summed E-state index contributed by atoms with van der Waals surface area (Å²) < 4.78 is 2.08. The van der Waals surface area contributed by atoms with E-state index in [4.69, 9.17) is 0 Å². The van der Waals surface area contributed by atoms with Gasteiger partial charge in [-0.05, 0) is 33.3 Å². The van der Waals surface area contributed by atoms with Crippen molar-refractivity contribution in [3.8, 4) is 0 Å². The molecule has 1 rings (SSSR count). The zero-order valence-electron chi connectivity index (χ0n) is 11.1. The molecule has 0 radical (unpaired) electrons. The molecular formula is C13H25N3. The van der Waals surface area contributed by atoms with Crippen molar-refractivity contribution in [2.24, 2.45) is 0 Å². The smallest absolute Gasteiger partial charge is 0.0597 e. The molecule has 3 heteroatoms. The number of hydrogen-bond donors (Lipinski definition) is 1. The molecule has 1 aromatic heterocycles. The molecule has 16 heavy (non-hydrogen) atoms. The summed E-state index contributed by atoms with van der Waals surface area (Å²) in [5.41, 5.74) is 2.41. The average molecular weight is 223 g/mol. The van der Waals surface area contributed by atoms with E-state index in [1.807, 2.05) is 0 Å².